The highest BCUT2D eigenvalue weighted by molar-refractivity contribution is 5.80. The summed E-state index contributed by atoms with van der Waals surface area (Å²) in [4.78, 5) is 6.74. The van der Waals surface area contributed by atoms with Crippen molar-refractivity contribution in [2.75, 3.05) is 30.5 Å². The molecule has 1 N–H and O–H groups in total. The fourth-order valence-corrected chi connectivity index (χ4v) is 2.78. The summed E-state index contributed by atoms with van der Waals surface area (Å²) >= 11 is 0. The van der Waals surface area contributed by atoms with Crippen molar-refractivity contribution >= 4 is 17.9 Å². The maximum Gasteiger partial charge on any atom is 0.263 e. The Morgan fingerprint density at radius 3 is 2.39 bits per heavy atom. The Labute approximate surface area is 165 Å². The monoisotopic (exact) mass is 376 g/mol. The Bertz CT molecular complexity index is 905. The Balaban J connectivity index is 1.65. The maximum atomic E-state index is 5.17. The van der Waals surface area contributed by atoms with E-state index in [-0.39, 0.29) is 0 Å². The average Bonchev–Trinajstić information content (AvgIpc) is 2.76. The van der Waals surface area contributed by atoms with E-state index in [9.17, 15) is 0 Å². The van der Waals surface area contributed by atoms with Crippen LogP contribution in [0.25, 0.3) is 11.3 Å². The minimum Gasteiger partial charge on any atom is -0.497 e. The molecule has 3 aromatic rings. The molecule has 28 heavy (non-hydrogen) atoms. The summed E-state index contributed by atoms with van der Waals surface area (Å²) in [5, 5.41) is 12.2. The third-order valence-corrected chi connectivity index (χ3v) is 4.34. The number of nitrogens with zero attached hydrogens (tertiary/aromatic N) is 5. The second-order valence-corrected chi connectivity index (χ2v) is 6.03. The van der Waals surface area contributed by atoms with E-state index in [1.807, 2.05) is 36.4 Å². The van der Waals surface area contributed by atoms with E-state index in [0.29, 0.717) is 11.6 Å². The number of hydrogen-bond acceptors (Lipinski definition) is 7. The van der Waals surface area contributed by atoms with Crippen LogP contribution in [0.1, 0.15) is 19.4 Å². The molecular weight excluding hydrogens is 352 g/mol. The molecular formula is C21H24N6O. The lowest BCUT2D eigenvalue weighted by Crippen LogP contribution is -2.21. The molecule has 0 radical (unpaired) electrons. The highest BCUT2D eigenvalue weighted by Gasteiger charge is 2.04. The van der Waals surface area contributed by atoms with Crippen molar-refractivity contribution in [2.45, 2.75) is 13.8 Å². The number of methoxy groups -OCH3 is 1. The summed E-state index contributed by atoms with van der Waals surface area (Å²) in [5.41, 5.74) is 6.66. The van der Waals surface area contributed by atoms with Crippen LogP contribution >= 0.6 is 0 Å². The average molecular weight is 376 g/mol. The van der Waals surface area contributed by atoms with Gasteiger partial charge in [-0.15, -0.1) is 5.10 Å². The Hall–Kier alpha value is -3.48. The van der Waals surface area contributed by atoms with Gasteiger partial charge >= 0.3 is 0 Å². The van der Waals surface area contributed by atoms with Gasteiger partial charge in [0.25, 0.3) is 5.95 Å². The molecule has 2 aromatic carbocycles. The van der Waals surface area contributed by atoms with E-state index in [4.69, 9.17) is 4.74 Å². The van der Waals surface area contributed by atoms with Gasteiger partial charge in [0.1, 0.15) is 5.75 Å². The molecule has 0 unspecified atom stereocenters. The molecule has 1 aromatic heterocycles. The van der Waals surface area contributed by atoms with Crippen molar-refractivity contribution in [2.24, 2.45) is 5.10 Å². The Kier molecular flexibility index (Phi) is 6.51. The highest BCUT2D eigenvalue weighted by atomic mass is 16.5. The molecule has 0 fully saturated rings. The zero-order valence-corrected chi connectivity index (χ0v) is 16.3. The van der Waals surface area contributed by atoms with Gasteiger partial charge in [0.05, 0.1) is 25.2 Å². The van der Waals surface area contributed by atoms with E-state index in [0.717, 1.165) is 30.0 Å². The number of hydrazone groups is 1. The van der Waals surface area contributed by atoms with Crippen LogP contribution in [0.5, 0.6) is 5.75 Å². The van der Waals surface area contributed by atoms with Gasteiger partial charge in [0.15, 0.2) is 0 Å². The number of aromatic nitrogens is 3. The molecule has 144 valence electrons. The molecule has 0 amide bonds. The van der Waals surface area contributed by atoms with Gasteiger partial charge in [-0.2, -0.15) is 10.2 Å². The SMILES string of the molecule is CCN(CC)c1ccc(C=NNc2nncc(-c3ccc(OC)cc3)n2)cc1. The molecule has 0 saturated carbocycles. The van der Waals surface area contributed by atoms with Gasteiger partial charge in [0.2, 0.25) is 0 Å². The molecule has 7 nitrogen and oxygen atoms in total. The van der Waals surface area contributed by atoms with Crippen molar-refractivity contribution in [3.8, 4) is 17.0 Å². The normalized spacial score (nSPS) is 10.8. The predicted octanol–water partition coefficient (Wildman–Crippen LogP) is 3.84. The molecule has 0 bridgehead atoms. The summed E-state index contributed by atoms with van der Waals surface area (Å²) in [7, 11) is 1.64. The van der Waals surface area contributed by atoms with Crippen molar-refractivity contribution in [1.29, 1.82) is 0 Å². The molecule has 0 aliphatic carbocycles. The molecule has 0 aliphatic rings. The van der Waals surface area contributed by atoms with E-state index in [1.165, 1.54) is 5.69 Å². The Morgan fingerprint density at radius 1 is 1.04 bits per heavy atom. The van der Waals surface area contributed by atoms with Crippen LogP contribution in [0.15, 0.2) is 59.8 Å². The first-order chi connectivity index (χ1) is 13.7. The predicted molar refractivity (Wildman–Crippen MR) is 113 cm³/mol. The van der Waals surface area contributed by atoms with Crippen LogP contribution in [0, 0.1) is 0 Å². The zero-order chi connectivity index (χ0) is 19.8. The Morgan fingerprint density at radius 2 is 1.75 bits per heavy atom. The minimum absolute atomic E-state index is 0.337. The fourth-order valence-electron chi connectivity index (χ4n) is 2.78. The lowest BCUT2D eigenvalue weighted by molar-refractivity contribution is 0.415. The van der Waals surface area contributed by atoms with Crippen molar-refractivity contribution in [3.05, 3.63) is 60.3 Å². The molecule has 0 spiro atoms. The third-order valence-electron chi connectivity index (χ3n) is 4.34. The van der Waals surface area contributed by atoms with Crippen molar-refractivity contribution in [1.82, 2.24) is 15.2 Å². The largest absolute Gasteiger partial charge is 0.497 e. The summed E-state index contributed by atoms with van der Waals surface area (Å²) in [5.74, 6) is 1.13. The number of rotatable bonds is 8. The van der Waals surface area contributed by atoms with Crippen LogP contribution in [-0.2, 0) is 0 Å². The molecule has 7 heteroatoms. The highest BCUT2D eigenvalue weighted by Crippen LogP contribution is 2.20. The maximum absolute atomic E-state index is 5.17. The summed E-state index contributed by atoms with van der Waals surface area (Å²) in [6.45, 7) is 6.27. The lowest BCUT2D eigenvalue weighted by atomic mass is 10.1. The smallest absolute Gasteiger partial charge is 0.263 e. The minimum atomic E-state index is 0.337. The molecule has 3 rings (SSSR count). The molecule has 0 atom stereocenters. The van der Waals surface area contributed by atoms with Crippen molar-refractivity contribution < 1.29 is 4.74 Å². The quantitative estimate of drug-likeness (QED) is 0.475. The van der Waals surface area contributed by atoms with Crippen LogP contribution in [0.2, 0.25) is 0 Å². The van der Waals surface area contributed by atoms with Gasteiger partial charge in [-0.25, -0.2) is 10.4 Å². The van der Waals surface area contributed by atoms with Gasteiger partial charge in [-0.1, -0.05) is 12.1 Å². The standard InChI is InChI=1S/C21H24N6O/c1-4-27(5-2)18-10-6-16(7-11-18)14-22-25-21-24-20(15-23-26-21)17-8-12-19(28-3)13-9-17/h6-15H,4-5H2,1-3H3,(H,24,25,26). The van der Waals surface area contributed by atoms with E-state index >= 15 is 0 Å². The molecule has 1 heterocycles. The van der Waals surface area contributed by atoms with Gasteiger partial charge in [0, 0.05) is 24.3 Å². The zero-order valence-electron chi connectivity index (χ0n) is 16.3. The number of nitrogens with one attached hydrogen (secondary N) is 1. The van der Waals surface area contributed by atoms with E-state index in [2.05, 4.69) is 56.6 Å². The van der Waals surface area contributed by atoms with Gasteiger partial charge < -0.3 is 9.64 Å². The first-order valence-electron chi connectivity index (χ1n) is 9.21. The number of hydrogen-bond donors (Lipinski definition) is 1. The first-order valence-corrected chi connectivity index (χ1v) is 9.21. The van der Waals surface area contributed by atoms with Gasteiger partial charge in [-0.05, 0) is 55.8 Å². The summed E-state index contributed by atoms with van der Waals surface area (Å²) in [6.07, 6.45) is 3.35. The topological polar surface area (TPSA) is 75.5 Å². The third kappa shape index (κ3) is 4.82. The summed E-state index contributed by atoms with van der Waals surface area (Å²) in [6, 6.07) is 15.9. The van der Waals surface area contributed by atoms with E-state index < -0.39 is 0 Å². The second kappa shape index (κ2) is 9.45. The van der Waals surface area contributed by atoms with Crippen LogP contribution in [0.4, 0.5) is 11.6 Å². The number of benzene rings is 2. The van der Waals surface area contributed by atoms with Crippen LogP contribution in [-0.4, -0.2) is 41.6 Å². The first kappa shape index (κ1) is 19.3. The fraction of sp³-hybridized carbons (Fsp3) is 0.238. The van der Waals surface area contributed by atoms with Gasteiger partial charge in [-0.3, -0.25) is 0 Å². The number of anilines is 2. The van der Waals surface area contributed by atoms with Crippen LogP contribution in [0.3, 0.4) is 0 Å². The lowest BCUT2D eigenvalue weighted by Gasteiger charge is -2.20. The molecule has 0 aliphatic heterocycles. The van der Waals surface area contributed by atoms with Crippen molar-refractivity contribution in [3.63, 3.8) is 0 Å². The number of ether oxygens (including phenoxy) is 1. The van der Waals surface area contributed by atoms with E-state index in [1.54, 1.807) is 19.5 Å². The molecule has 0 saturated heterocycles. The second-order valence-electron chi connectivity index (χ2n) is 6.03. The van der Waals surface area contributed by atoms with Crippen LogP contribution < -0.4 is 15.1 Å². The summed E-state index contributed by atoms with van der Waals surface area (Å²) < 4.78 is 5.17.